The first-order valence-electron chi connectivity index (χ1n) is 10.8. The third-order valence-corrected chi connectivity index (χ3v) is 5.24. The molecule has 1 fully saturated rings. The van der Waals surface area contributed by atoms with Gasteiger partial charge in [0, 0.05) is 10.8 Å². The Bertz CT molecular complexity index is 1180. The molecule has 3 aromatic rings. The molecule has 7 nitrogen and oxygen atoms in total. The van der Waals surface area contributed by atoms with Gasteiger partial charge in [-0.05, 0) is 65.3 Å². The predicted octanol–water partition coefficient (Wildman–Crippen LogP) is 5.56. The standard InChI is InChI=1S/C25H30N2O5/c1-23(2,3)31-21(28)26-25(14-27(15-25)22(29)32-24(4,5)6)16-11-12-20-18(13-16)17-9-7-8-10-19(17)30-20/h7-13H,14-15H2,1-6H3,(H,26,28). The lowest BCUT2D eigenvalue weighted by molar-refractivity contribution is -0.0229. The normalized spacial score (nSPS) is 16.0. The molecule has 7 heteroatoms. The topological polar surface area (TPSA) is 81.0 Å². The molecule has 170 valence electrons. The van der Waals surface area contributed by atoms with Crippen LogP contribution in [0.3, 0.4) is 0 Å². The van der Waals surface area contributed by atoms with E-state index in [1.54, 1.807) is 4.90 Å². The molecule has 1 aliphatic heterocycles. The van der Waals surface area contributed by atoms with Crippen molar-refractivity contribution in [2.75, 3.05) is 13.1 Å². The van der Waals surface area contributed by atoms with Crippen LogP contribution in [0.2, 0.25) is 0 Å². The molecule has 1 aliphatic rings. The molecule has 2 heterocycles. The van der Waals surface area contributed by atoms with Crippen LogP contribution in [-0.2, 0) is 15.0 Å². The highest BCUT2D eigenvalue weighted by atomic mass is 16.6. The number of ether oxygens (including phenoxy) is 2. The molecule has 0 spiro atoms. The highest BCUT2D eigenvalue weighted by molar-refractivity contribution is 6.05. The van der Waals surface area contributed by atoms with Gasteiger partial charge in [0.25, 0.3) is 0 Å². The van der Waals surface area contributed by atoms with Gasteiger partial charge in [0.1, 0.15) is 27.9 Å². The number of likely N-dealkylation sites (tertiary alicyclic amines) is 1. The SMILES string of the molecule is CC(C)(C)OC(=O)NC1(c2ccc3oc4ccccc4c3c2)CN(C(=O)OC(C)(C)C)C1. The highest BCUT2D eigenvalue weighted by Crippen LogP contribution is 2.37. The van der Waals surface area contributed by atoms with E-state index in [4.69, 9.17) is 13.9 Å². The van der Waals surface area contributed by atoms with Crippen LogP contribution in [0.4, 0.5) is 9.59 Å². The summed E-state index contributed by atoms with van der Waals surface area (Å²) in [4.78, 5) is 26.8. The van der Waals surface area contributed by atoms with Gasteiger partial charge in [0.2, 0.25) is 0 Å². The maximum absolute atomic E-state index is 12.7. The fraction of sp³-hybridized carbons (Fsp3) is 0.440. The number of nitrogens with one attached hydrogen (secondary N) is 1. The number of para-hydroxylation sites is 1. The number of amides is 2. The molecular formula is C25H30N2O5. The second-order valence-corrected chi connectivity index (χ2v) is 10.4. The van der Waals surface area contributed by atoms with Crippen LogP contribution in [0.1, 0.15) is 47.1 Å². The maximum atomic E-state index is 12.7. The maximum Gasteiger partial charge on any atom is 0.410 e. The molecule has 0 unspecified atom stereocenters. The Morgan fingerprint density at radius 1 is 0.906 bits per heavy atom. The van der Waals surface area contributed by atoms with E-state index in [0.29, 0.717) is 0 Å². The minimum absolute atomic E-state index is 0.280. The lowest BCUT2D eigenvalue weighted by atomic mass is 9.82. The van der Waals surface area contributed by atoms with Crippen molar-refractivity contribution in [1.82, 2.24) is 10.2 Å². The van der Waals surface area contributed by atoms with E-state index in [9.17, 15) is 9.59 Å². The third kappa shape index (κ3) is 4.38. The van der Waals surface area contributed by atoms with E-state index < -0.39 is 28.9 Å². The monoisotopic (exact) mass is 438 g/mol. The number of hydrogen-bond acceptors (Lipinski definition) is 5. The first-order valence-corrected chi connectivity index (χ1v) is 10.8. The molecule has 1 N–H and O–H groups in total. The van der Waals surface area contributed by atoms with Crippen LogP contribution in [0.25, 0.3) is 21.9 Å². The number of alkyl carbamates (subject to hydrolysis) is 1. The number of fused-ring (bicyclic) bond motifs is 3. The number of benzene rings is 2. The largest absolute Gasteiger partial charge is 0.456 e. The van der Waals surface area contributed by atoms with Gasteiger partial charge in [-0.15, -0.1) is 0 Å². The van der Waals surface area contributed by atoms with Crippen molar-refractivity contribution in [3.8, 4) is 0 Å². The number of rotatable bonds is 2. The van der Waals surface area contributed by atoms with Crippen molar-refractivity contribution in [2.24, 2.45) is 0 Å². The number of hydrogen-bond donors (Lipinski definition) is 1. The molecule has 4 rings (SSSR count). The molecular weight excluding hydrogens is 408 g/mol. The summed E-state index contributed by atoms with van der Waals surface area (Å²) in [5.41, 5.74) is 0.435. The van der Waals surface area contributed by atoms with E-state index >= 15 is 0 Å². The summed E-state index contributed by atoms with van der Waals surface area (Å²) >= 11 is 0. The van der Waals surface area contributed by atoms with Crippen LogP contribution < -0.4 is 5.32 Å². The fourth-order valence-electron chi connectivity index (χ4n) is 3.92. The van der Waals surface area contributed by atoms with Gasteiger partial charge in [0.05, 0.1) is 13.1 Å². The molecule has 0 radical (unpaired) electrons. The summed E-state index contributed by atoms with van der Waals surface area (Å²) in [5.74, 6) is 0. The zero-order valence-electron chi connectivity index (χ0n) is 19.4. The van der Waals surface area contributed by atoms with E-state index in [0.717, 1.165) is 27.5 Å². The van der Waals surface area contributed by atoms with Crippen molar-refractivity contribution >= 4 is 34.1 Å². The van der Waals surface area contributed by atoms with Gasteiger partial charge in [-0.1, -0.05) is 24.3 Å². The summed E-state index contributed by atoms with van der Waals surface area (Å²) in [6.07, 6.45) is -0.938. The van der Waals surface area contributed by atoms with E-state index in [2.05, 4.69) is 5.32 Å². The van der Waals surface area contributed by atoms with E-state index in [-0.39, 0.29) is 13.1 Å². The first kappa shape index (κ1) is 22.0. The quantitative estimate of drug-likeness (QED) is 0.567. The van der Waals surface area contributed by atoms with Crippen LogP contribution in [0.5, 0.6) is 0 Å². The Labute approximate surface area is 187 Å². The van der Waals surface area contributed by atoms with E-state index in [1.807, 2.05) is 84.0 Å². The zero-order chi connectivity index (χ0) is 23.3. The van der Waals surface area contributed by atoms with Gasteiger partial charge in [-0.3, -0.25) is 0 Å². The summed E-state index contributed by atoms with van der Waals surface area (Å²) in [5, 5.41) is 4.97. The third-order valence-electron chi connectivity index (χ3n) is 5.24. The fourth-order valence-corrected chi connectivity index (χ4v) is 3.92. The average Bonchev–Trinajstić information content (AvgIpc) is 2.99. The van der Waals surface area contributed by atoms with Crippen LogP contribution in [0.15, 0.2) is 46.9 Å². The van der Waals surface area contributed by atoms with Crippen LogP contribution >= 0.6 is 0 Å². The average molecular weight is 439 g/mol. The summed E-state index contributed by atoms with van der Waals surface area (Å²) in [7, 11) is 0. The Hall–Kier alpha value is -3.22. The van der Waals surface area contributed by atoms with Gasteiger partial charge >= 0.3 is 12.2 Å². The van der Waals surface area contributed by atoms with Gasteiger partial charge in [-0.2, -0.15) is 0 Å². The molecule has 2 amide bonds. The molecule has 0 saturated carbocycles. The van der Waals surface area contributed by atoms with Crippen molar-refractivity contribution in [1.29, 1.82) is 0 Å². The highest BCUT2D eigenvalue weighted by Gasteiger charge is 2.49. The van der Waals surface area contributed by atoms with E-state index in [1.165, 1.54) is 0 Å². The Balaban J connectivity index is 1.67. The Morgan fingerprint density at radius 3 is 2.19 bits per heavy atom. The Morgan fingerprint density at radius 2 is 1.53 bits per heavy atom. The Kier molecular flexibility index (Phi) is 5.11. The molecule has 2 aromatic carbocycles. The number of furan rings is 1. The second-order valence-electron chi connectivity index (χ2n) is 10.4. The summed E-state index contributed by atoms with van der Waals surface area (Å²) in [6.45, 7) is 11.5. The van der Waals surface area contributed by atoms with Crippen LogP contribution in [0, 0.1) is 0 Å². The minimum Gasteiger partial charge on any atom is -0.456 e. The van der Waals surface area contributed by atoms with Crippen molar-refractivity contribution in [3.63, 3.8) is 0 Å². The minimum atomic E-state index is -0.786. The molecule has 1 saturated heterocycles. The number of nitrogens with zero attached hydrogens (tertiary/aromatic N) is 1. The lowest BCUT2D eigenvalue weighted by Gasteiger charge is -2.50. The lowest BCUT2D eigenvalue weighted by Crippen LogP contribution is -2.69. The van der Waals surface area contributed by atoms with Gasteiger partial charge < -0.3 is 24.1 Å². The molecule has 0 atom stereocenters. The molecule has 32 heavy (non-hydrogen) atoms. The molecule has 1 aromatic heterocycles. The summed E-state index contributed by atoms with van der Waals surface area (Å²) < 4.78 is 16.9. The van der Waals surface area contributed by atoms with Gasteiger partial charge in [0.15, 0.2) is 0 Å². The van der Waals surface area contributed by atoms with Crippen molar-refractivity contribution < 1.29 is 23.5 Å². The number of carbonyl (C=O) groups is 2. The van der Waals surface area contributed by atoms with Crippen molar-refractivity contribution in [2.45, 2.75) is 58.3 Å². The second kappa shape index (κ2) is 7.43. The van der Waals surface area contributed by atoms with Crippen molar-refractivity contribution in [3.05, 3.63) is 48.0 Å². The van der Waals surface area contributed by atoms with Crippen LogP contribution in [-0.4, -0.2) is 41.4 Å². The first-order chi connectivity index (χ1) is 14.9. The smallest absolute Gasteiger partial charge is 0.410 e. The number of carbonyl (C=O) groups excluding carboxylic acids is 2. The zero-order valence-corrected chi connectivity index (χ0v) is 19.4. The molecule has 0 bridgehead atoms. The predicted molar refractivity (Wildman–Crippen MR) is 123 cm³/mol. The van der Waals surface area contributed by atoms with Gasteiger partial charge in [-0.25, -0.2) is 9.59 Å². The summed E-state index contributed by atoms with van der Waals surface area (Å²) in [6, 6.07) is 13.7. The molecule has 0 aliphatic carbocycles.